The molecule has 0 fully saturated rings. The van der Waals surface area contributed by atoms with Gasteiger partial charge in [-0.3, -0.25) is 4.90 Å². The second-order valence-corrected chi connectivity index (χ2v) is 3.62. The lowest BCUT2D eigenvalue weighted by Gasteiger charge is -2.28. The lowest BCUT2D eigenvalue weighted by molar-refractivity contribution is 0.126. The van der Waals surface area contributed by atoms with E-state index in [-0.39, 0.29) is 12.6 Å². The zero-order valence-corrected chi connectivity index (χ0v) is 9.26. The predicted octanol–water partition coefficient (Wildman–Crippen LogP) is 0.828. The molecule has 0 bridgehead atoms. The van der Waals surface area contributed by atoms with E-state index >= 15 is 0 Å². The van der Waals surface area contributed by atoms with Crippen LogP contribution in [0.15, 0.2) is 30.3 Å². The van der Waals surface area contributed by atoms with Crippen molar-refractivity contribution in [2.75, 3.05) is 19.7 Å². The molecule has 0 saturated carbocycles. The molecule has 0 heterocycles. The summed E-state index contributed by atoms with van der Waals surface area (Å²) in [5.41, 5.74) is 6.87. The summed E-state index contributed by atoms with van der Waals surface area (Å²) in [6, 6.07) is 10.3. The SMILES string of the molecule is CCN(Cc1ccccc1)C(CN)CO. The molecule has 1 rings (SSSR count). The minimum absolute atomic E-state index is 0.0650. The molecule has 0 amide bonds. The third-order valence-electron chi connectivity index (χ3n) is 2.63. The molecule has 84 valence electrons. The third kappa shape index (κ3) is 3.63. The first kappa shape index (κ1) is 12.2. The Morgan fingerprint density at radius 2 is 2.00 bits per heavy atom. The van der Waals surface area contributed by atoms with Crippen LogP contribution in [-0.4, -0.2) is 35.7 Å². The molecule has 15 heavy (non-hydrogen) atoms. The Morgan fingerprint density at radius 1 is 1.33 bits per heavy atom. The highest BCUT2D eigenvalue weighted by Crippen LogP contribution is 2.07. The van der Waals surface area contributed by atoms with Crippen molar-refractivity contribution in [2.24, 2.45) is 5.73 Å². The predicted molar refractivity (Wildman–Crippen MR) is 62.5 cm³/mol. The Hall–Kier alpha value is -0.900. The Morgan fingerprint density at radius 3 is 2.47 bits per heavy atom. The van der Waals surface area contributed by atoms with E-state index in [9.17, 15) is 5.11 Å². The van der Waals surface area contributed by atoms with E-state index in [1.54, 1.807) is 0 Å². The molecule has 0 aliphatic carbocycles. The fraction of sp³-hybridized carbons (Fsp3) is 0.500. The first-order valence-electron chi connectivity index (χ1n) is 5.40. The molecule has 0 spiro atoms. The Balaban J connectivity index is 2.61. The van der Waals surface area contributed by atoms with Crippen molar-refractivity contribution in [3.8, 4) is 0 Å². The van der Waals surface area contributed by atoms with Crippen LogP contribution in [-0.2, 0) is 6.54 Å². The molecule has 0 aliphatic rings. The van der Waals surface area contributed by atoms with E-state index in [0.29, 0.717) is 6.54 Å². The first-order chi connectivity index (χ1) is 7.31. The van der Waals surface area contributed by atoms with Gasteiger partial charge in [-0.25, -0.2) is 0 Å². The quantitative estimate of drug-likeness (QED) is 0.728. The number of hydrogen-bond acceptors (Lipinski definition) is 3. The van der Waals surface area contributed by atoms with E-state index in [0.717, 1.165) is 13.1 Å². The van der Waals surface area contributed by atoms with Gasteiger partial charge in [0.15, 0.2) is 0 Å². The van der Waals surface area contributed by atoms with Crippen molar-refractivity contribution in [3.05, 3.63) is 35.9 Å². The van der Waals surface area contributed by atoms with Gasteiger partial charge in [0.2, 0.25) is 0 Å². The fourth-order valence-corrected chi connectivity index (χ4v) is 1.66. The number of nitrogens with two attached hydrogens (primary N) is 1. The fourth-order valence-electron chi connectivity index (χ4n) is 1.66. The van der Waals surface area contributed by atoms with Crippen LogP contribution in [0.3, 0.4) is 0 Å². The van der Waals surface area contributed by atoms with Crippen LogP contribution in [0.2, 0.25) is 0 Å². The van der Waals surface area contributed by atoms with E-state index in [1.807, 2.05) is 18.2 Å². The van der Waals surface area contributed by atoms with Crippen LogP contribution >= 0.6 is 0 Å². The lowest BCUT2D eigenvalue weighted by Crippen LogP contribution is -2.42. The molecular weight excluding hydrogens is 188 g/mol. The van der Waals surface area contributed by atoms with Gasteiger partial charge in [0.1, 0.15) is 0 Å². The molecule has 1 atom stereocenters. The van der Waals surface area contributed by atoms with Gasteiger partial charge in [-0.2, -0.15) is 0 Å². The minimum atomic E-state index is 0.0650. The molecular formula is C12H20N2O. The normalized spacial score (nSPS) is 13.1. The molecule has 3 nitrogen and oxygen atoms in total. The van der Waals surface area contributed by atoms with E-state index in [4.69, 9.17) is 5.73 Å². The summed E-state index contributed by atoms with van der Waals surface area (Å²) in [5, 5.41) is 9.18. The summed E-state index contributed by atoms with van der Waals surface area (Å²) < 4.78 is 0. The molecule has 0 saturated heterocycles. The van der Waals surface area contributed by atoms with Gasteiger partial charge >= 0.3 is 0 Å². The molecule has 3 heteroatoms. The van der Waals surface area contributed by atoms with Crippen molar-refractivity contribution in [1.29, 1.82) is 0 Å². The maximum atomic E-state index is 9.18. The van der Waals surface area contributed by atoms with Gasteiger partial charge in [-0.1, -0.05) is 37.3 Å². The van der Waals surface area contributed by atoms with Crippen LogP contribution in [0, 0.1) is 0 Å². The molecule has 0 aromatic heterocycles. The second-order valence-electron chi connectivity index (χ2n) is 3.62. The Labute approximate surface area is 91.5 Å². The van der Waals surface area contributed by atoms with Crippen LogP contribution in [0.1, 0.15) is 12.5 Å². The number of aliphatic hydroxyl groups is 1. The standard InChI is InChI=1S/C12H20N2O/c1-2-14(12(8-13)10-15)9-11-6-4-3-5-7-11/h3-7,12,15H,2,8-10,13H2,1H3. The zero-order valence-electron chi connectivity index (χ0n) is 9.26. The Kier molecular flexibility index (Phi) is 5.32. The minimum Gasteiger partial charge on any atom is -0.395 e. The highest BCUT2D eigenvalue weighted by molar-refractivity contribution is 5.14. The van der Waals surface area contributed by atoms with Crippen LogP contribution in [0.4, 0.5) is 0 Å². The molecule has 0 aliphatic heterocycles. The number of nitrogens with zero attached hydrogens (tertiary/aromatic N) is 1. The van der Waals surface area contributed by atoms with Gasteiger partial charge in [0.25, 0.3) is 0 Å². The summed E-state index contributed by atoms with van der Waals surface area (Å²) >= 11 is 0. The van der Waals surface area contributed by atoms with Gasteiger partial charge in [0.05, 0.1) is 6.61 Å². The van der Waals surface area contributed by atoms with Crippen LogP contribution in [0.25, 0.3) is 0 Å². The average Bonchev–Trinajstić information content (AvgIpc) is 2.30. The van der Waals surface area contributed by atoms with Gasteiger partial charge in [-0.15, -0.1) is 0 Å². The number of benzene rings is 1. The average molecular weight is 208 g/mol. The molecule has 1 aromatic carbocycles. The Bertz CT molecular complexity index is 260. The summed E-state index contributed by atoms with van der Waals surface area (Å²) in [5.74, 6) is 0. The van der Waals surface area contributed by atoms with Crippen molar-refractivity contribution >= 4 is 0 Å². The first-order valence-corrected chi connectivity index (χ1v) is 5.40. The van der Waals surface area contributed by atoms with E-state index in [2.05, 4.69) is 24.0 Å². The van der Waals surface area contributed by atoms with E-state index in [1.165, 1.54) is 5.56 Å². The summed E-state index contributed by atoms with van der Waals surface area (Å²) in [4.78, 5) is 2.19. The topological polar surface area (TPSA) is 49.5 Å². The van der Waals surface area contributed by atoms with Gasteiger partial charge in [-0.05, 0) is 12.1 Å². The van der Waals surface area contributed by atoms with Crippen LogP contribution < -0.4 is 5.73 Å². The molecule has 1 aromatic rings. The summed E-state index contributed by atoms with van der Waals surface area (Å²) in [6.07, 6.45) is 0. The van der Waals surface area contributed by atoms with Crippen molar-refractivity contribution in [3.63, 3.8) is 0 Å². The van der Waals surface area contributed by atoms with Gasteiger partial charge < -0.3 is 10.8 Å². The van der Waals surface area contributed by atoms with Crippen molar-refractivity contribution < 1.29 is 5.11 Å². The lowest BCUT2D eigenvalue weighted by atomic mass is 10.2. The largest absolute Gasteiger partial charge is 0.395 e. The van der Waals surface area contributed by atoms with Crippen LogP contribution in [0.5, 0.6) is 0 Å². The van der Waals surface area contributed by atoms with Crippen molar-refractivity contribution in [1.82, 2.24) is 4.90 Å². The third-order valence-corrected chi connectivity index (χ3v) is 2.63. The number of aliphatic hydroxyl groups excluding tert-OH is 1. The zero-order chi connectivity index (χ0) is 11.1. The summed E-state index contributed by atoms with van der Waals surface area (Å²) in [7, 11) is 0. The number of likely N-dealkylation sites (N-methyl/N-ethyl adjacent to an activating group) is 1. The van der Waals surface area contributed by atoms with Gasteiger partial charge in [0, 0.05) is 19.1 Å². The summed E-state index contributed by atoms with van der Waals surface area (Å²) in [6.45, 7) is 4.45. The molecule has 3 N–H and O–H groups in total. The molecule has 0 radical (unpaired) electrons. The second kappa shape index (κ2) is 6.56. The monoisotopic (exact) mass is 208 g/mol. The molecule has 1 unspecified atom stereocenters. The smallest absolute Gasteiger partial charge is 0.0599 e. The number of rotatable bonds is 6. The van der Waals surface area contributed by atoms with E-state index < -0.39 is 0 Å². The van der Waals surface area contributed by atoms with Crippen molar-refractivity contribution in [2.45, 2.75) is 19.5 Å². The number of hydrogen-bond donors (Lipinski definition) is 2. The highest BCUT2D eigenvalue weighted by Gasteiger charge is 2.14. The maximum absolute atomic E-state index is 9.18. The highest BCUT2D eigenvalue weighted by atomic mass is 16.3. The maximum Gasteiger partial charge on any atom is 0.0599 e.